The van der Waals surface area contributed by atoms with Crippen molar-refractivity contribution in [2.45, 2.75) is 6.92 Å². The highest BCUT2D eigenvalue weighted by molar-refractivity contribution is 5.55. The molecule has 1 N–H and O–H groups in total. The average molecular weight is 208 g/mol. The van der Waals surface area contributed by atoms with E-state index in [0.717, 1.165) is 5.56 Å². The third kappa shape index (κ3) is 3.29. The summed E-state index contributed by atoms with van der Waals surface area (Å²) in [7, 11) is 1.60. The Morgan fingerprint density at radius 2 is 2.13 bits per heavy atom. The van der Waals surface area contributed by atoms with Crippen molar-refractivity contribution in [2.75, 3.05) is 20.3 Å². The molecule has 0 aliphatic carbocycles. The molecule has 1 rings (SSSR count). The van der Waals surface area contributed by atoms with E-state index >= 15 is 0 Å². The van der Waals surface area contributed by atoms with Gasteiger partial charge in [0.2, 0.25) is 0 Å². The van der Waals surface area contributed by atoms with Gasteiger partial charge in [-0.1, -0.05) is 18.2 Å². The van der Waals surface area contributed by atoms with E-state index < -0.39 is 0 Å². The standard InChI is InChI=1S/C12H16O3/c1-3-4-10-5-6-11(15-8-7-13)12(9-10)14-2/h3-6,9,13H,7-8H2,1-2H3. The first-order valence-electron chi connectivity index (χ1n) is 4.86. The summed E-state index contributed by atoms with van der Waals surface area (Å²) in [5.74, 6) is 1.33. The fraction of sp³-hybridized carbons (Fsp3) is 0.333. The quantitative estimate of drug-likeness (QED) is 0.805. The Hall–Kier alpha value is -1.48. The van der Waals surface area contributed by atoms with E-state index in [0.29, 0.717) is 11.5 Å². The van der Waals surface area contributed by atoms with Crippen molar-refractivity contribution in [3.63, 3.8) is 0 Å². The van der Waals surface area contributed by atoms with Crippen molar-refractivity contribution < 1.29 is 14.6 Å². The lowest BCUT2D eigenvalue weighted by Crippen LogP contribution is -2.02. The van der Waals surface area contributed by atoms with Crippen LogP contribution in [0.2, 0.25) is 0 Å². The van der Waals surface area contributed by atoms with Crippen LogP contribution >= 0.6 is 0 Å². The van der Waals surface area contributed by atoms with Crippen molar-refractivity contribution in [2.24, 2.45) is 0 Å². The van der Waals surface area contributed by atoms with Crippen molar-refractivity contribution >= 4 is 6.08 Å². The number of aliphatic hydroxyl groups is 1. The maximum atomic E-state index is 8.65. The molecular weight excluding hydrogens is 192 g/mol. The predicted octanol–water partition coefficient (Wildman–Crippen LogP) is 2.10. The van der Waals surface area contributed by atoms with Gasteiger partial charge in [-0.15, -0.1) is 0 Å². The van der Waals surface area contributed by atoms with Crippen LogP contribution in [0.5, 0.6) is 11.5 Å². The van der Waals surface area contributed by atoms with Gasteiger partial charge in [0.1, 0.15) is 6.61 Å². The van der Waals surface area contributed by atoms with E-state index in [9.17, 15) is 0 Å². The van der Waals surface area contributed by atoms with Gasteiger partial charge in [-0.05, 0) is 24.6 Å². The van der Waals surface area contributed by atoms with Crippen molar-refractivity contribution in [3.05, 3.63) is 29.8 Å². The zero-order valence-electron chi connectivity index (χ0n) is 9.06. The minimum absolute atomic E-state index is 0.000230. The Morgan fingerprint density at radius 1 is 1.33 bits per heavy atom. The monoisotopic (exact) mass is 208 g/mol. The van der Waals surface area contributed by atoms with Gasteiger partial charge in [0.15, 0.2) is 11.5 Å². The van der Waals surface area contributed by atoms with E-state index in [4.69, 9.17) is 14.6 Å². The van der Waals surface area contributed by atoms with E-state index in [-0.39, 0.29) is 13.2 Å². The highest BCUT2D eigenvalue weighted by atomic mass is 16.5. The van der Waals surface area contributed by atoms with Gasteiger partial charge in [-0.25, -0.2) is 0 Å². The Balaban J connectivity index is 2.88. The van der Waals surface area contributed by atoms with Gasteiger partial charge in [0, 0.05) is 0 Å². The molecule has 0 fully saturated rings. The first kappa shape index (κ1) is 11.6. The molecule has 0 bridgehead atoms. The summed E-state index contributed by atoms with van der Waals surface area (Å²) in [5.41, 5.74) is 1.06. The molecule has 0 unspecified atom stereocenters. The highest BCUT2D eigenvalue weighted by Gasteiger charge is 2.03. The van der Waals surface area contributed by atoms with Crippen molar-refractivity contribution in [1.29, 1.82) is 0 Å². The minimum atomic E-state index is -0.000230. The second kappa shape index (κ2) is 6.09. The van der Waals surface area contributed by atoms with Gasteiger partial charge >= 0.3 is 0 Å². The summed E-state index contributed by atoms with van der Waals surface area (Å²) >= 11 is 0. The summed E-state index contributed by atoms with van der Waals surface area (Å²) in [6.07, 6.45) is 3.95. The maximum Gasteiger partial charge on any atom is 0.161 e. The van der Waals surface area contributed by atoms with Crippen molar-refractivity contribution in [3.8, 4) is 11.5 Å². The van der Waals surface area contributed by atoms with Crippen molar-refractivity contribution in [1.82, 2.24) is 0 Å². The molecule has 0 spiro atoms. The molecule has 0 heterocycles. The number of methoxy groups -OCH3 is 1. The smallest absolute Gasteiger partial charge is 0.161 e. The molecule has 1 aromatic rings. The molecule has 0 saturated heterocycles. The second-order valence-electron chi connectivity index (χ2n) is 2.98. The Morgan fingerprint density at radius 3 is 2.73 bits per heavy atom. The molecule has 82 valence electrons. The third-order valence-corrected chi connectivity index (χ3v) is 1.90. The average Bonchev–Trinajstić information content (AvgIpc) is 2.27. The normalized spacial score (nSPS) is 10.6. The topological polar surface area (TPSA) is 38.7 Å². The molecule has 15 heavy (non-hydrogen) atoms. The van der Waals surface area contributed by atoms with Gasteiger partial charge in [0.25, 0.3) is 0 Å². The second-order valence-corrected chi connectivity index (χ2v) is 2.98. The van der Waals surface area contributed by atoms with Crippen LogP contribution in [-0.2, 0) is 0 Å². The molecule has 0 aromatic heterocycles. The molecule has 3 nitrogen and oxygen atoms in total. The van der Waals surface area contributed by atoms with Gasteiger partial charge in [-0.2, -0.15) is 0 Å². The molecule has 0 amide bonds. The SMILES string of the molecule is CC=Cc1ccc(OCCO)c(OC)c1. The van der Waals surface area contributed by atoms with Crippen LogP contribution < -0.4 is 9.47 Å². The highest BCUT2D eigenvalue weighted by Crippen LogP contribution is 2.28. The molecule has 3 heteroatoms. The third-order valence-electron chi connectivity index (χ3n) is 1.90. The first-order valence-corrected chi connectivity index (χ1v) is 4.86. The van der Waals surface area contributed by atoms with Crippen LogP contribution in [-0.4, -0.2) is 25.4 Å². The lowest BCUT2D eigenvalue weighted by atomic mass is 10.2. The number of aliphatic hydroxyl groups excluding tert-OH is 1. The first-order chi connectivity index (χ1) is 7.31. The maximum absolute atomic E-state index is 8.65. The lowest BCUT2D eigenvalue weighted by Gasteiger charge is -2.10. The number of ether oxygens (including phenoxy) is 2. The van der Waals surface area contributed by atoms with Crippen LogP contribution in [0.1, 0.15) is 12.5 Å². The van der Waals surface area contributed by atoms with E-state index in [2.05, 4.69) is 0 Å². The zero-order valence-corrected chi connectivity index (χ0v) is 9.06. The Bertz CT molecular complexity index is 332. The lowest BCUT2D eigenvalue weighted by molar-refractivity contribution is 0.196. The van der Waals surface area contributed by atoms with Gasteiger partial charge < -0.3 is 14.6 Å². The van der Waals surface area contributed by atoms with Crippen LogP contribution in [0.4, 0.5) is 0 Å². The number of allylic oxidation sites excluding steroid dienone is 1. The van der Waals surface area contributed by atoms with Crippen LogP contribution in [0.25, 0.3) is 6.08 Å². The van der Waals surface area contributed by atoms with Crippen LogP contribution in [0.3, 0.4) is 0 Å². The number of hydrogen-bond acceptors (Lipinski definition) is 3. The summed E-state index contributed by atoms with van der Waals surface area (Å²) in [4.78, 5) is 0. The Kier molecular flexibility index (Phi) is 4.71. The molecular formula is C12H16O3. The van der Waals surface area contributed by atoms with E-state index in [1.807, 2.05) is 37.3 Å². The summed E-state index contributed by atoms with van der Waals surface area (Å²) in [6, 6.07) is 5.67. The predicted molar refractivity (Wildman–Crippen MR) is 60.3 cm³/mol. The van der Waals surface area contributed by atoms with E-state index in [1.54, 1.807) is 7.11 Å². The molecule has 0 aliphatic heterocycles. The van der Waals surface area contributed by atoms with Crippen LogP contribution in [0.15, 0.2) is 24.3 Å². The minimum Gasteiger partial charge on any atom is -0.493 e. The summed E-state index contributed by atoms with van der Waals surface area (Å²) in [5, 5.41) is 8.65. The van der Waals surface area contributed by atoms with E-state index in [1.165, 1.54) is 0 Å². The zero-order chi connectivity index (χ0) is 11.1. The van der Waals surface area contributed by atoms with Gasteiger partial charge in [-0.3, -0.25) is 0 Å². The fourth-order valence-electron chi connectivity index (χ4n) is 1.26. The molecule has 0 saturated carbocycles. The number of benzene rings is 1. The van der Waals surface area contributed by atoms with Crippen LogP contribution in [0, 0.1) is 0 Å². The van der Waals surface area contributed by atoms with Gasteiger partial charge in [0.05, 0.1) is 13.7 Å². The molecule has 0 atom stereocenters. The summed E-state index contributed by atoms with van der Waals surface area (Å²) < 4.78 is 10.5. The molecule has 0 aliphatic rings. The molecule has 1 aromatic carbocycles. The summed E-state index contributed by atoms with van der Waals surface area (Å²) in [6.45, 7) is 2.24. The largest absolute Gasteiger partial charge is 0.493 e. The number of hydrogen-bond donors (Lipinski definition) is 1. The molecule has 0 radical (unpaired) electrons. The Labute approximate surface area is 90.0 Å². The number of rotatable bonds is 5. The fourth-order valence-corrected chi connectivity index (χ4v) is 1.26.